The number of amides is 2. The Bertz CT molecular complexity index is 440. The molecule has 2 aliphatic rings. The quantitative estimate of drug-likeness (QED) is 0.579. The maximum atomic E-state index is 11.1. The van der Waals surface area contributed by atoms with Gasteiger partial charge in [-0.2, -0.15) is 0 Å². The van der Waals surface area contributed by atoms with Gasteiger partial charge < -0.3 is 20.3 Å². The van der Waals surface area contributed by atoms with Gasteiger partial charge in [-0.1, -0.05) is 0 Å². The summed E-state index contributed by atoms with van der Waals surface area (Å²) in [5.41, 5.74) is -0.363. The molecular weight excluding hydrogens is 268 g/mol. The fourth-order valence-corrected chi connectivity index (χ4v) is 2.90. The van der Waals surface area contributed by atoms with E-state index in [4.69, 9.17) is 14.9 Å². The first kappa shape index (κ1) is 14.6. The summed E-state index contributed by atoms with van der Waals surface area (Å²) in [5, 5.41) is 20.7. The summed E-state index contributed by atoms with van der Waals surface area (Å²) in [6, 6.07) is -1.24. The van der Waals surface area contributed by atoms with Crippen molar-refractivity contribution in [1.82, 2.24) is 10.2 Å². The molecule has 1 heterocycles. The molecule has 8 nitrogen and oxygen atoms in total. The number of fused-ring (bicyclic) bond motifs is 1. The van der Waals surface area contributed by atoms with Crippen LogP contribution in [0.3, 0.4) is 0 Å². The van der Waals surface area contributed by atoms with Gasteiger partial charge in [0.2, 0.25) is 5.91 Å². The lowest BCUT2D eigenvalue weighted by atomic mass is 10.0. The molecule has 8 heteroatoms. The van der Waals surface area contributed by atoms with E-state index in [1.165, 1.54) is 6.92 Å². The average Bonchev–Trinajstić information content (AvgIpc) is 2.92. The number of nitrogens with one attached hydrogen (secondary N) is 1. The van der Waals surface area contributed by atoms with Gasteiger partial charge in [-0.15, -0.1) is 0 Å². The van der Waals surface area contributed by atoms with E-state index in [2.05, 4.69) is 5.32 Å². The van der Waals surface area contributed by atoms with Crippen LogP contribution in [0.5, 0.6) is 0 Å². The number of carboxylic acid groups (broad SMARTS) is 2. The molecule has 0 unspecified atom stereocenters. The highest BCUT2D eigenvalue weighted by molar-refractivity contribution is 5.81. The number of nitrogens with zero attached hydrogens (tertiary/aromatic N) is 1. The Morgan fingerprint density at radius 1 is 1.35 bits per heavy atom. The number of hydrogen-bond acceptors (Lipinski definition) is 4. The predicted octanol–water partition coefficient (Wildman–Crippen LogP) is -0.265. The van der Waals surface area contributed by atoms with Crippen LogP contribution in [0.1, 0.15) is 19.8 Å². The number of hydrogen-bond donors (Lipinski definition) is 3. The van der Waals surface area contributed by atoms with Crippen LogP contribution >= 0.6 is 0 Å². The Balaban J connectivity index is 1.83. The highest BCUT2D eigenvalue weighted by Gasteiger charge is 2.67. The molecule has 2 rings (SSSR count). The third kappa shape index (κ3) is 2.69. The molecule has 2 amide bonds. The highest BCUT2D eigenvalue weighted by Crippen LogP contribution is 2.59. The Kier molecular flexibility index (Phi) is 3.85. The molecule has 0 spiro atoms. The minimum Gasteiger partial charge on any atom is -0.480 e. The van der Waals surface area contributed by atoms with Crippen molar-refractivity contribution in [1.29, 1.82) is 0 Å². The van der Waals surface area contributed by atoms with Crippen molar-refractivity contribution in [2.75, 3.05) is 19.8 Å². The molecule has 1 saturated carbocycles. The second-order valence-corrected chi connectivity index (χ2v) is 5.37. The van der Waals surface area contributed by atoms with Gasteiger partial charge in [0.15, 0.2) is 0 Å². The Morgan fingerprint density at radius 2 is 2.05 bits per heavy atom. The third-order valence-corrected chi connectivity index (χ3v) is 3.93. The summed E-state index contributed by atoms with van der Waals surface area (Å²) in [6.07, 6.45) is -0.261. The summed E-state index contributed by atoms with van der Waals surface area (Å²) in [4.78, 5) is 33.9. The predicted molar refractivity (Wildman–Crippen MR) is 66.2 cm³/mol. The summed E-state index contributed by atoms with van der Waals surface area (Å²) in [5.74, 6) is -1.25. The van der Waals surface area contributed by atoms with Crippen molar-refractivity contribution in [3.63, 3.8) is 0 Å². The molecule has 0 aromatic heterocycles. The maximum Gasteiger partial charge on any atom is 0.408 e. The first-order chi connectivity index (χ1) is 9.37. The number of ether oxygens (including phenoxy) is 1. The topological polar surface area (TPSA) is 116 Å². The molecule has 0 aromatic rings. The van der Waals surface area contributed by atoms with Crippen LogP contribution in [0.4, 0.5) is 4.79 Å². The maximum absolute atomic E-state index is 11.1. The van der Waals surface area contributed by atoms with Gasteiger partial charge in [0.05, 0.1) is 13.2 Å². The molecule has 112 valence electrons. The Labute approximate surface area is 115 Å². The number of likely N-dealkylation sites (tertiary alicyclic amines) is 1. The van der Waals surface area contributed by atoms with Crippen LogP contribution in [0, 0.1) is 5.41 Å². The fourth-order valence-electron chi connectivity index (χ4n) is 2.90. The number of rotatable bonds is 6. The Hall–Kier alpha value is -1.83. The van der Waals surface area contributed by atoms with Gasteiger partial charge >= 0.3 is 12.1 Å². The minimum absolute atomic E-state index is 0.139. The van der Waals surface area contributed by atoms with Gasteiger partial charge in [0.1, 0.15) is 6.04 Å². The lowest BCUT2D eigenvalue weighted by Crippen LogP contribution is -2.42. The van der Waals surface area contributed by atoms with Crippen LogP contribution in [-0.2, 0) is 14.3 Å². The van der Waals surface area contributed by atoms with Crippen LogP contribution in [0.25, 0.3) is 0 Å². The summed E-state index contributed by atoms with van der Waals surface area (Å²) >= 11 is 0. The molecular formula is C12H18N2O6. The van der Waals surface area contributed by atoms with E-state index in [1.54, 1.807) is 0 Å². The number of carboxylic acids is 1. The molecule has 0 aromatic carbocycles. The van der Waals surface area contributed by atoms with Gasteiger partial charge in [0.25, 0.3) is 0 Å². The van der Waals surface area contributed by atoms with Gasteiger partial charge in [-0.3, -0.25) is 9.69 Å². The first-order valence-electron chi connectivity index (χ1n) is 6.44. The second-order valence-electron chi connectivity index (χ2n) is 5.37. The standard InChI is InChI=1S/C12H18N2O6/c1-7(15)13-2-3-20-6-12-4-8(10(16)17)14(11(18)19)9(12)5-12/h8-9H,2-6H2,1H3,(H,13,15)(H,16,17)(H,18,19)/t8-,9-,12+/m0/s1. The molecule has 3 N–H and O–H groups in total. The smallest absolute Gasteiger partial charge is 0.408 e. The molecule has 1 saturated heterocycles. The van der Waals surface area contributed by atoms with Crippen LogP contribution < -0.4 is 5.32 Å². The summed E-state index contributed by atoms with van der Waals surface area (Å²) < 4.78 is 5.44. The molecule has 0 bridgehead atoms. The highest BCUT2D eigenvalue weighted by atomic mass is 16.5. The fraction of sp³-hybridized carbons (Fsp3) is 0.750. The molecule has 2 fully saturated rings. The Morgan fingerprint density at radius 3 is 2.55 bits per heavy atom. The molecule has 0 radical (unpaired) electrons. The van der Waals surface area contributed by atoms with Crippen molar-refractivity contribution < 1.29 is 29.3 Å². The number of piperidine rings is 1. The van der Waals surface area contributed by atoms with Crippen molar-refractivity contribution in [2.45, 2.75) is 31.8 Å². The van der Waals surface area contributed by atoms with E-state index in [0.717, 1.165) is 4.90 Å². The SMILES string of the molecule is CC(=O)NCCOC[C@@]12C[C@@H]1N(C(=O)O)[C@H](C(=O)O)C2. The molecule has 1 aliphatic carbocycles. The van der Waals surface area contributed by atoms with Crippen molar-refractivity contribution in [3.05, 3.63) is 0 Å². The van der Waals surface area contributed by atoms with E-state index in [0.29, 0.717) is 32.6 Å². The lowest BCUT2D eigenvalue weighted by molar-refractivity contribution is -0.142. The van der Waals surface area contributed by atoms with E-state index in [-0.39, 0.29) is 17.4 Å². The molecule has 1 aliphatic heterocycles. The average molecular weight is 286 g/mol. The van der Waals surface area contributed by atoms with E-state index in [1.807, 2.05) is 0 Å². The van der Waals surface area contributed by atoms with Crippen molar-refractivity contribution in [2.24, 2.45) is 5.41 Å². The zero-order valence-electron chi connectivity index (χ0n) is 11.2. The van der Waals surface area contributed by atoms with Crippen LogP contribution in [0.2, 0.25) is 0 Å². The second kappa shape index (κ2) is 5.28. The normalized spacial score (nSPS) is 30.8. The van der Waals surface area contributed by atoms with Crippen molar-refractivity contribution >= 4 is 18.0 Å². The monoisotopic (exact) mass is 286 g/mol. The zero-order valence-corrected chi connectivity index (χ0v) is 11.2. The van der Waals surface area contributed by atoms with Gasteiger partial charge in [0, 0.05) is 24.9 Å². The largest absolute Gasteiger partial charge is 0.480 e. The summed E-state index contributed by atoms with van der Waals surface area (Å²) in [6.45, 7) is 2.46. The minimum atomic E-state index is -1.19. The van der Waals surface area contributed by atoms with Crippen LogP contribution in [-0.4, -0.2) is 64.9 Å². The lowest BCUT2D eigenvalue weighted by Gasteiger charge is -2.20. The number of carbonyl (C=O) groups excluding carboxylic acids is 1. The van der Waals surface area contributed by atoms with Crippen molar-refractivity contribution in [3.8, 4) is 0 Å². The van der Waals surface area contributed by atoms with Gasteiger partial charge in [-0.05, 0) is 12.8 Å². The van der Waals surface area contributed by atoms with Crippen LogP contribution in [0.15, 0.2) is 0 Å². The number of aliphatic carboxylic acids is 1. The summed E-state index contributed by atoms with van der Waals surface area (Å²) in [7, 11) is 0. The third-order valence-electron chi connectivity index (χ3n) is 3.93. The van der Waals surface area contributed by atoms with E-state index in [9.17, 15) is 14.4 Å². The zero-order chi connectivity index (χ0) is 14.9. The van der Waals surface area contributed by atoms with E-state index < -0.39 is 18.1 Å². The van der Waals surface area contributed by atoms with Gasteiger partial charge in [-0.25, -0.2) is 9.59 Å². The van der Waals surface area contributed by atoms with E-state index >= 15 is 0 Å². The first-order valence-corrected chi connectivity index (χ1v) is 6.44. The molecule has 3 atom stereocenters. The number of carbonyl (C=O) groups is 3. The molecule has 20 heavy (non-hydrogen) atoms.